The Kier molecular flexibility index (Phi) is 4.58. The number of hydrogen-bond donors (Lipinski definition) is 1. The minimum atomic E-state index is -0.0361. The van der Waals surface area contributed by atoms with E-state index in [4.69, 9.17) is 0 Å². The van der Waals surface area contributed by atoms with Crippen molar-refractivity contribution in [1.29, 1.82) is 0 Å². The van der Waals surface area contributed by atoms with Gasteiger partial charge >= 0.3 is 0 Å². The second-order valence-corrected chi connectivity index (χ2v) is 10.1. The molecule has 4 bridgehead atoms. The first-order chi connectivity index (χ1) is 15.2. The van der Waals surface area contributed by atoms with Gasteiger partial charge in [-0.1, -0.05) is 6.07 Å². The van der Waals surface area contributed by atoms with E-state index in [1.54, 1.807) is 12.5 Å². The molecule has 3 heterocycles. The van der Waals surface area contributed by atoms with Gasteiger partial charge in [-0.2, -0.15) is 0 Å². The van der Waals surface area contributed by atoms with E-state index >= 15 is 0 Å². The Labute approximate surface area is 183 Å². The van der Waals surface area contributed by atoms with Crippen molar-refractivity contribution in [2.75, 3.05) is 36.4 Å². The number of pyridine rings is 1. The Hall–Kier alpha value is -2.70. The Balaban J connectivity index is 1.11. The van der Waals surface area contributed by atoms with E-state index in [2.05, 4.69) is 30.1 Å². The molecule has 162 valence electrons. The highest BCUT2D eigenvalue weighted by atomic mass is 16.2. The fraction of sp³-hybridized carbons (Fsp3) is 0.583. The quantitative estimate of drug-likeness (QED) is 0.819. The van der Waals surface area contributed by atoms with E-state index in [9.17, 15) is 4.79 Å². The number of rotatable bonds is 4. The van der Waals surface area contributed by atoms with Crippen LogP contribution >= 0.6 is 0 Å². The zero-order chi connectivity index (χ0) is 20.8. The molecule has 0 aromatic carbocycles. The first kappa shape index (κ1) is 19.0. The highest BCUT2D eigenvalue weighted by molar-refractivity contribution is 5.83. The number of amides is 1. The topological polar surface area (TPSA) is 74.2 Å². The van der Waals surface area contributed by atoms with Gasteiger partial charge in [-0.3, -0.25) is 4.79 Å². The van der Waals surface area contributed by atoms with Gasteiger partial charge in [0.15, 0.2) is 0 Å². The van der Waals surface area contributed by atoms with Gasteiger partial charge in [0.1, 0.15) is 23.8 Å². The fourth-order valence-electron chi connectivity index (χ4n) is 7.00. The van der Waals surface area contributed by atoms with Crippen molar-refractivity contribution in [3.05, 3.63) is 36.8 Å². The molecule has 2 aromatic heterocycles. The fourth-order valence-corrected chi connectivity index (χ4v) is 7.00. The first-order valence-electron chi connectivity index (χ1n) is 11.7. The number of piperazine rings is 1. The molecule has 4 aliphatic carbocycles. The maximum atomic E-state index is 13.6. The highest BCUT2D eigenvalue weighted by Gasteiger charge is 2.55. The average molecular weight is 419 g/mol. The first-order valence-corrected chi connectivity index (χ1v) is 11.7. The van der Waals surface area contributed by atoms with Crippen LogP contribution in [0.3, 0.4) is 0 Å². The predicted molar refractivity (Wildman–Crippen MR) is 119 cm³/mol. The molecule has 31 heavy (non-hydrogen) atoms. The monoisotopic (exact) mass is 418 g/mol. The van der Waals surface area contributed by atoms with Crippen LogP contribution < -0.4 is 10.2 Å². The van der Waals surface area contributed by atoms with Crippen molar-refractivity contribution in [2.45, 2.75) is 38.5 Å². The van der Waals surface area contributed by atoms with Crippen LogP contribution in [0.5, 0.6) is 0 Å². The molecule has 1 aliphatic heterocycles. The van der Waals surface area contributed by atoms with E-state index in [0.29, 0.717) is 5.91 Å². The molecule has 1 N–H and O–H groups in total. The number of nitrogens with zero attached hydrogens (tertiary/aromatic N) is 5. The maximum absolute atomic E-state index is 13.6. The van der Waals surface area contributed by atoms with Crippen LogP contribution in [0.1, 0.15) is 38.5 Å². The summed E-state index contributed by atoms with van der Waals surface area (Å²) < 4.78 is 0. The average Bonchev–Trinajstić information content (AvgIpc) is 2.79. The Bertz CT molecular complexity index is 920. The van der Waals surface area contributed by atoms with Crippen LogP contribution in [-0.2, 0) is 4.79 Å². The van der Waals surface area contributed by atoms with Crippen LogP contribution in [0.4, 0.5) is 17.5 Å². The summed E-state index contributed by atoms with van der Waals surface area (Å²) in [5.74, 6) is 5.27. The number of anilines is 3. The van der Waals surface area contributed by atoms with E-state index in [1.807, 2.05) is 24.3 Å². The van der Waals surface area contributed by atoms with E-state index in [1.165, 1.54) is 19.3 Å². The summed E-state index contributed by atoms with van der Waals surface area (Å²) in [5.41, 5.74) is -0.0361. The van der Waals surface area contributed by atoms with Gasteiger partial charge in [0.05, 0.1) is 5.41 Å². The summed E-state index contributed by atoms with van der Waals surface area (Å²) in [6.45, 7) is 3.21. The summed E-state index contributed by atoms with van der Waals surface area (Å²) >= 11 is 0. The van der Waals surface area contributed by atoms with Gasteiger partial charge in [-0.05, 0) is 68.4 Å². The van der Waals surface area contributed by atoms with Gasteiger partial charge in [-0.25, -0.2) is 15.0 Å². The number of carbonyl (C=O) groups excluding carboxylic acids is 1. The lowest BCUT2D eigenvalue weighted by Crippen LogP contribution is -2.58. The Morgan fingerprint density at radius 1 is 0.903 bits per heavy atom. The zero-order valence-electron chi connectivity index (χ0n) is 17.9. The van der Waals surface area contributed by atoms with Crippen LogP contribution in [0.15, 0.2) is 36.8 Å². The molecule has 1 amide bonds. The van der Waals surface area contributed by atoms with Gasteiger partial charge in [0.25, 0.3) is 0 Å². The summed E-state index contributed by atoms with van der Waals surface area (Å²) in [6.07, 6.45) is 10.9. The SMILES string of the molecule is O=C(N1CCN(c2cc(Nc3ccccn3)ncn2)CC1)C12CC3CC(CC(C3)C1)C2. The Morgan fingerprint density at radius 2 is 1.61 bits per heavy atom. The molecule has 4 saturated carbocycles. The lowest BCUT2D eigenvalue weighted by Gasteiger charge is -2.57. The number of aromatic nitrogens is 3. The third-order valence-corrected chi connectivity index (χ3v) is 7.96. The molecule has 1 saturated heterocycles. The van der Waals surface area contributed by atoms with Gasteiger partial charge < -0.3 is 15.1 Å². The van der Waals surface area contributed by atoms with Gasteiger partial charge in [0, 0.05) is 38.4 Å². The smallest absolute Gasteiger partial charge is 0.228 e. The minimum Gasteiger partial charge on any atom is -0.353 e. The number of carbonyl (C=O) groups is 1. The van der Waals surface area contributed by atoms with Crippen LogP contribution in [0.25, 0.3) is 0 Å². The molecule has 5 aliphatic rings. The molecule has 5 fully saturated rings. The predicted octanol–water partition coefficient (Wildman–Crippen LogP) is 3.48. The molecular weight excluding hydrogens is 388 g/mol. The summed E-state index contributed by atoms with van der Waals surface area (Å²) in [4.78, 5) is 31.1. The molecule has 7 rings (SSSR count). The Morgan fingerprint density at radius 3 is 2.26 bits per heavy atom. The van der Waals surface area contributed by atoms with Crippen molar-refractivity contribution in [2.24, 2.45) is 23.2 Å². The van der Waals surface area contributed by atoms with Gasteiger partial charge in [0.2, 0.25) is 5.91 Å². The largest absolute Gasteiger partial charge is 0.353 e. The van der Waals surface area contributed by atoms with Crippen molar-refractivity contribution >= 4 is 23.4 Å². The van der Waals surface area contributed by atoms with Crippen molar-refractivity contribution in [1.82, 2.24) is 19.9 Å². The van der Waals surface area contributed by atoms with Crippen LogP contribution in [-0.4, -0.2) is 51.9 Å². The molecule has 0 spiro atoms. The number of hydrogen-bond acceptors (Lipinski definition) is 6. The van der Waals surface area contributed by atoms with Crippen LogP contribution in [0, 0.1) is 23.2 Å². The highest BCUT2D eigenvalue weighted by Crippen LogP contribution is 2.60. The molecule has 0 unspecified atom stereocenters. The van der Waals surface area contributed by atoms with E-state index in [0.717, 1.165) is 80.6 Å². The van der Waals surface area contributed by atoms with E-state index in [-0.39, 0.29) is 5.41 Å². The molecular formula is C24H30N6O. The maximum Gasteiger partial charge on any atom is 0.228 e. The van der Waals surface area contributed by atoms with E-state index < -0.39 is 0 Å². The second-order valence-electron chi connectivity index (χ2n) is 10.1. The van der Waals surface area contributed by atoms with Crippen molar-refractivity contribution in [3.8, 4) is 0 Å². The molecule has 7 heteroatoms. The molecule has 7 nitrogen and oxygen atoms in total. The van der Waals surface area contributed by atoms with Crippen molar-refractivity contribution in [3.63, 3.8) is 0 Å². The summed E-state index contributed by atoms with van der Waals surface area (Å²) in [6, 6.07) is 7.71. The third kappa shape index (κ3) is 3.54. The summed E-state index contributed by atoms with van der Waals surface area (Å²) in [7, 11) is 0. The summed E-state index contributed by atoms with van der Waals surface area (Å²) in [5, 5.41) is 3.23. The van der Waals surface area contributed by atoms with Crippen molar-refractivity contribution < 1.29 is 4.79 Å². The normalized spacial score (nSPS) is 31.7. The molecule has 0 atom stereocenters. The molecule has 0 radical (unpaired) electrons. The zero-order valence-corrected chi connectivity index (χ0v) is 17.9. The number of nitrogens with one attached hydrogen (secondary N) is 1. The lowest BCUT2D eigenvalue weighted by atomic mass is 9.49. The minimum absolute atomic E-state index is 0.0361. The van der Waals surface area contributed by atoms with Gasteiger partial charge in [-0.15, -0.1) is 0 Å². The lowest BCUT2D eigenvalue weighted by molar-refractivity contribution is -0.158. The standard InChI is InChI=1S/C24H30N6O/c31-23(24-13-17-9-18(14-24)11-19(10-17)15-24)30-7-5-29(6-8-30)22-12-21(26-16-27-22)28-20-3-1-2-4-25-20/h1-4,12,16-19H,5-11,13-15H2,(H,25,26,27,28). The van der Waals surface area contributed by atoms with Crippen LogP contribution in [0.2, 0.25) is 0 Å². The third-order valence-electron chi connectivity index (χ3n) is 7.96. The molecule has 2 aromatic rings. The second kappa shape index (κ2) is 7.46.